The first kappa shape index (κ1) is 17.9. The number of aliphatic imine (C=N–C) groups is 1. The number of amides is 3. The van der Waals surface area contributed by atoms with Crippen LogP contribution in [0.25, 0.3) is 10.8 Å². The highest BCUT2D eigenvalue weighted by atomic mass is 16.5. The molecule has 0 aromatic heterocycles. The van der Waals surface area contributed by atoms with E-state index in [9.17, 15) is 9.59 Å². The van der Waals surface area contributed by atoms with Crippen LogP contribution in [0.5, 0.6) is 0 Å². The molecule has 2 aliphatic rings. The molecule has 0 radical (unpaired) electrons. The van der Waals surface area contributed by atoms with Crippen LogP contribution >= 0.6 is 0 Å². The van der Waals surface area contributed by atoms with Gasteiger partial charge >= 0.3 is 12.1 Å². The van der Waals surface area contributed by atoms with Crippen molar-refractivity contribution < 1.29 is 18.9 Å². The van der Waals surface area contributed by atoms with Gasteiger partial charge in [0.1, 0.15) is 13.2 Å². The fourth-order valence-electron chi connectivity index (χ4n) is 3.60. The summed E-state index contributed by atoms with van der Waals surface area (Å²) in [6.07, 6.45) is 1.62. The predicted octanol–water partition coefficient (Wildman–Crippen LogP) is 2.22. The van der Waals surface area contributed by atoms with Crippen molar-refractivity contribution in [2.24, 2.45) is 4.99 Å². The maximum absolute atomic E-state index is 12.9. The van der Waals surface area contributed by atoms with Crippen LogP contribution in [-0.4, -0.2) is 64.9 Å². The predicted molar refractivity (Wildman–Crippen MR) is 106 cm³/mol. The van der Waals surface area contributed by atoms with Gasteiger partial charge in [0.15, 0.2) is 0 Å². The molecular weight excluding hydrogens is 356 g/mol. The highest BCUT2D eigenvalue weighted by molar-refractivity contribution is 6.22. The van der Waals surface area contributed by atoms with Gasteiger partial charge in [0.2, 0.25) is 0 Å². The average Bonchev–Trinajstić information content (AvgIpc) is 3.07. The van der Waals surface area contributed by atoms with E-state index in [1.807, 2.05) is 28.8 Å². The first-order chi connectivity index (χ1) is 13.5. The fourth-order valence-corrected chi connectivity index (χ4v) is 3.60. The van der Waals surface area contributed by atoms with Gasteiger partial charge in [0.05, 0.1) is 0 Å². The second-order valence-corrected chi connectivity index (χ2v) is 6.76. The van der Waals surface area contributed by atoms with Gasteiger partial charge < -0.3 is 4.74 Å². The zero-order chi connectivity index (χ0) is 19.8. The zero-order valence-corrected chi connectivity index (χ0v) is 15.8. The molecule has 3 amide bonds. The highest BCUT2D eigenvalue weighted by Gasteiger charge is 2.54. The van der Waals surface area contributed by atoms with Crippen molar-refractivity contribution in [3.05, 3.63) is 60.7 Å². The minimum atomic E-state index is -0.702. The van der Waals surface area contributed by atoms with E-state index in [1.165, 1.54) is 11.9 Å². The second-order valence-electron chi connectivity index (χ2n) is 6.76. The maximum atomic E-state index is 12.9. The second kappa shape index (κ2) is 6.92. The van der Waals surface area contributed by atoms with Crippen molar-refractivity contribution in [2.75, 3.05) is 20.7 Å². The first-order valence-corrected chi connectivity index (χ1v) is 9.00. The number of hydrogen-bond donors (Lipinski definition) is 0. The molecule has 2 aromatic rings. The van der Waals surface area contributed by atoms with Crippen LogP contribution in [0.2, 0.25) is 0 Å². The smallest absolute Gasteiger partial charge is 0.424 e. The summed E-state index contributed by atoms with van der Waals surface area (Å²) in [5.74, 6) is 0.0617. The number of carbonyl (C=O) groups excluding carboxylic acids is 2. The quantitative estimate of drug-likeness (QED) is 0.606. The lowest BCUT2D eigenvalue weighted by molar-refractivity contribution is -0.558. The van der Waals surface area contributed by atoms with E-state index in [4.69, 9.17) is 4.74 Å². The van der Waals surface area contributed by atoms with Crippen LogP contribution < -0.4 is 0 Å². The molecule has 1 saturated heterocycles. The summed E-state index contributed by atoms with van der Waals surface area (Å²) in [6.45, 7) is 4.35. The molecule has 7 heteroatoms. The Morgan fingerprint density at radius 2 is 1.89 bits per heavy atom. The van der Waals surface area contributed by atoms with Crippen LogP contribution in [0.4, 0.5) is 4.79 Å². The molecule has 28 heavy (non-hydrogen) atoms. The van der Waals surface area contributed by atoms with Crippen LogP contribution in [-0.2, 0) is 16.1 Å². The lowest BCUT2D eigenvalue weighted by atomic mass is 10.0. The normalized spacial score (nSPS) is 19.2. The number of rotatable bonds is 4. The van der Waals surface area contributed by atoms with E-state index in [-0.39, 0.29) is 12.5 Å². The number of likely N-dealkylation sites (N-methyl/N-ethyl adjacent to an activating group) is 2. The van der Waals surface area contributed by atoms with E-state index in [0.717, 1.165) is 21.2 Å². The standard InChI is InChI=1S/C21H21N4O3/c1-4-12-28-20-22-18-17(19(26)24(3)21(27)23(18)2)25(20)13-15-10-7-9-14-8-5-6-11-16(14)15/h4-11,17H,1,12-13H2,2-3H3/q+1. The Hall–Kier alpha value is -3.48. The third-order valence-electron chi connectivity index (χ3n) is 5.05. The minimum absolute atomic E-state index is 0.257. The van der Waals surface area contributed by atoms with Crippen molar-refractivity contribution in [1.82, 2.24) is 9.80 Å². The number of urea groups is 1. The molecule has 7 nitrogen and oxygen atoms in total. The summed E-state index contributed by atoms with van der Waals surface area (Å²) in [5.41, 5.74) is 1.05. The van der Waals surface area contributed by atoms with Gasteiger partial charge in [0, 0.05) is 24.7 Å². The molecule has 0 bridgehead atoms. The zero-order valence-electron chi connectivity index (χ0n) is 15.8. The third kappa shape index (κ3) is 2.76. The first-order valence-electron chi connectivity index (χ1n) is 9.00. The molecule has 142 valence electrons. The number of benzene rings is 2. The molecule has 0 spiro atoms. The van der Waals surface area contributed by atoms with E-state index in [0.29, 0.717) is 18.4 Å². The van der Waals surface area contributed by atoms with Crippen molar-refractivity contribution in [2.45, 2.75) is 12.6 Å². The van der Waals surface area contributed by atoms with E-state index in [2.05, 4.69) is 29.8 Å². The number of carbonyl (C=O) groups is 2. The molecule has 2 aliphatic heterocycles. The van der Waals surface area contributed by atoms with Crippen LogP contribution in [0.1, 0.15) is 5.56 Å². The van der Waals surface area contributed by atoms with Gasteiger partial charge in [0.25, 0.3) is 17.8 Å². The van der Waals surface area contributed by atoms with Crippen molar-refractivity contribution in [3.8, 4) is 0 Å². The van der Waals surface area contributed by atoms with Gasteiger partial charge in [-0.25, -0.2) is 4.79 Å². The minimum Gasteiger partial charge on any atom is -0.424 e. The summed E-state index contributed by atoms with van der Waals surface area (Å²) in [4.78, 5) is 32.2. The van der Waals surface area contributed by atoms with E-state index in [1.54, 1.807) is 13.1 Å². The number of fused-ring (bicyclic) bond motifs is 2. The lowest BCUT2D eigenvalue weighted by Crippen LogP contribution is -2.61. The SMILES string of the molecule is C=CCOC1=[N+](Cc2cccc3ccccc23)C2C(=O)N(C)C(=O)N(C)C2=N1. The molecule has 2 heterocycles. The van der Waals surface area contributed by atoms with Gasteiger partial charge in [-0.05, 0) is 10.8 Å². The van der Waals surface area contributed by atoms with Crippen LogP contribution in [0.15, 0.2) is 60.1 Å². The molecule has 1 unspecified atom stereocenters. The monoisotopic (exact) mass is 377 g/mol. The lowest BCUT2D eigenvalue weighted by Gasteiger charge is -2.30. The summed E-state index contributed by atoms with van der Waals surface area (Å²) >= 11 is 0. The maximum Gasteiger partial charge on any atom is 0.497 e. The number of amidine groups is 2. The van der Waals surface area contributed by atoms with Crippen LogP contribution in [0.3, 0.4) is 0 Å². The van der Waals surface area contributed by atoms with Crippen LogP contribution in [0, 0.1) is 0 Å². The molecule has 0 aliphatic carbocycles. The van der Waals surface area contributed by atoms with Gasteiger partial charge in [-0.1, -0.05) is 55.1 Å². The number of hydrogen-bond acceptors (Lipinski definition) is 4. The Kier molecular flexibility index (Phi) is 4.43. The summed E-state index contributed by atoms with van der Waals surface area (Å²) in [6, 6.07) is 13.4. The van der Waals surface area contributed by atoms with E-state index < -0.39 is 12.1 Å². The van der Waals surface area contributed by atoms with Gasteiger partial charge in [-0.15, -0.1) is 0 Å². The Labute approximate surface area is 162 Å². The third-order valence-corrected chi connectivity index (χ3v) is 5.05. The molecule has 1 atom stereocenters. The Bertz CT molecular complexity index is 1050. The average molecular weight is 377 g/mol. The van der Waals surface area contributed by atoms with Gasteiger partial charge in [-0.3, -0.25) is 14.6 Å². The molecule has 1 fully saturated rings. The van der Waals surface area contributed by atoms with Gasteiger partial charge in [-0.2, -0.15) is 4.58 Å². The highest BCUT2D eigenvalue weighted by Crippen LogP contribution is 2.24. The molecule has 0 N–H and O–H groups in total. The van der Waals surface area contributed by atoms with Crippen molar-refractivity contribution in [3.63, 3.8) is 0 Å². The Morgan fingerprint density at radius 3 is 2.68 bits per heavy atom. The van der Waals surface area contributed by atoms with Crippen molar-refractivity contribution >= 4 is 34.6 Å². The number of ether oxygens (including phenoxy) is 1. The number of imide groups is 1. The summed E-state index contributed by atoms with van der Waals surface area (Å²) in [5, 5.41) is 2.22. The molecule has 0 saturated carbocycles. The Morgan fingerprint density at radius 1 is 1.14 bits per heavy atom. The largest absolute Gasteiger partial charge is 0.497 e. The fraction of sp³-hybridized carbons (Fsp3) is 0.238. The van der Waals surface area contributed by atoms with E-state index >= 15 is 0 Å². The summed E-state index contributed by atoms with van der Waals surface area (Å²) in [7, 11) is 3.10. The van der Waals surface area contributed by atoms with Crippen molar-refractivity contribution in [1.29, 1.82) is 0 Å². The molecule has 4 rings (SSSR count). The molecular formula is C21H21N4O3+. The number of nitrogens with zero attached hydrogens (tertiary/aromatic N) is 4. The Balaban J connectivity index is 1.79. The summed E-state index contributed by atoms with van der Waals surface area (Å²) < 4.78 is 7.54. The topological polar surface area (TPSA) is 65.2 Å². The molecule has 2 aromatic carbocycles.